The average Bonchev–Trinajstić information content (AvgIpc) is 2.97. The zero-order valence-electron chi connectivity index (χ0n) is 21.6. The first kappa shape index (κ1) is 24.3. The molecule has 1 aliphatic rings. The molecule has 182 valence electrons. The number of benzene rings is 4. The van der Waals surface area contributed by atoms with E-state index in [1.165, 1.54) is 45.0 Å². The molecule has 0 saturated heterocycles. The van der Waals surface area contributed by atoms with Crippen molar-refractivity contribution in [3.8, 4) is 0 Å². The van der Waals surface area contributed by atoms with Crippen LogP contribution < -0.4 is 4.90 Å². The van der Waals surface area contributed by atoms with Gasteiger partial charge in [-0.3, -0.25) is 0 Å². The second-order valence-corrected chi connectivity index (χ2v) is 8.99. The summed E-state index contributed by atoms with van der Waals surface area (Å²) in [7, 11) is 0. The summed E-state index contributed by atoms with van der Waals surface area (Å²) in [5.41, 5.74) is 9.68. The van der Waals surface area contributed by atoms with E-state index < -0.39 is 0 Å². The van der Waals surface area contributed by atoms with Crippen molar-refractivity contribution in [2.45, 2.75) is 13.8 Å². The highest BCUT2D eigenvalue weighted by Gasteiger charge is 2.17. The van der Waals surface area contributed by atoms with E-state index in [4.69, 9.17) is 0 Å². The van der Waals surface area contributed by atoms with Crippen molar-refractivity contribution in [1.29, 1.82) is 0 Å². The number of anilines is 2. The molecule has 0 saturated carbocycles. The molecule has 0 amide bonds. The Bertz CT molecular complexity index is 1420. The molecule has 37 heavy (non-hydrogen) atoms. The highest BCUT2D eigenvalue weighted by atomic mass is 15.1. The Balaban J connectivity index is 1.54. The molecule has 0 spiro atoms. The monoisotopic (exact) mass is 481 g/mol. The maximum absolute atomic E-state index is 2.34. The topological polar surface area (TPSA) is 6.25 Å². The van der Waals surface area contributed by atoms with E-state index in [2.05, 4.69) is 163 Å². The van der Waals surface area contributed by atoms with Gasteiger partial charge in [0, 0.05) is 42.2 Å². The molecule has 1 aliphatic carbocycles. The van der Waals surface area contributed by atoms with E-state index in [0.29, 0.717) is 0 Å². The summed E-state index contributed by atoms with van der Waals surface area (Å²) in [5, 5.41) is 0. The SMILES string of the molecule is CCN(c1ccccc1)c1ccc(C(=C2C=CC(=[N+](CC)c3ccccc3)C=C2)c2ccccc2)cc1. The number of hydrogen-bond donors (Lipinski definition) is 0. The van der Waals surface area contributed by atoms with E-state index >= 15 is 0 Å². The van der Waals surface area contributed by atoms with Crippen LogP contribution in [0, 0.1) is 0 Å². The largest absolute Gasteiger partial charge is 0.342 e. The summed E-state index contributed by atoms with van der Waals surface area (Å²) < 4.78 is 2.34. The van der Waals surface area contributed by atoms with Crippen molar-refractivity contribution in [3.63, 3.8) is 0 Å². The fraction of sp³-hybridized carbons (Fsp3) is 0.114. The lowest BCUT2D eigenvalue weighted by atomic mass is 9.90. The first-order valence-electron chi connectivity index (χ1n) is 13.1. The highest BCUT2D eigenvalue weighted by Crippen LogP contribution is 2.32. The zero-order chi connectivity index (χ0) is 25.5. The van der Waals surface area contributed by atoms with Crippen LogP contribution in [0.4, 0.5) is 17.1 Å². The van der Waals surface area contributed by atoms with Crippen molar-refractivity contribution in [3.05, 3.63) is 156 Å². The van der Waals surface area contributed by atoms with Crippen molar-refractivity contribution in [1.82, 2.24) is 0 Å². The number of allylic oxidation sites excluding steroid dienone is 5. The lowest BCUT2D eigenvalue weighted by molar-refractivity contribution is -0.434. The molecule has 0 atom stereocenters. The molecule has 0 bridgehead atoms. The van der Waals surface area contributed by atoms with Crippen LogP contribution in [0.5, 0.6) is 0 Å². The fourth-order valence-electron chi connectivity index (χ4n) is 4.97. The van der Waals surface area contributed by atoms with Gasteiger partial charge in [0.05, 0.1) is 0 Å². The highest BCUT2D eigenvalue weighted by molar-refractivity contribution is 6.04. The van der Waals surface area contributed by atoms with E-state index in [9.17, 15) is 0 Å². The normalized spacial score (nSPS) is 12.5. The molecule has 4 aromatic carbocycles. The van der Waals surface area contributed by atoms with E-state index in [1.54, 1.807) is 0 Å². The van der Waals surface area contributed by atoms with Crippen molar-refractivity contribution in [2.75, 3.05) is 18.0 Å². The van der Waals surface area contributed by atoms with Crippen LogP contribution in [0.1, 0.15) is 25.0 Å². The third-order valence-electron chi connectivity index (χ3n) is 6.77. The van der Waals surface area contributed by atoms with Gasteiger partial charge in [-0.25, -0.2) is 0 Å². The van der Waals surface area contributed by atoms with Gasteiger partial charge in [0.2, 0.25) is 11.4 Å². The van der Waals surface area contributed by atoms with Crippen LogP contribution in [0.2, 0.25) is 0 Å². The lowest BCUT2D eigenvalue weighted by Crippen LogP contribution is -2.15. The molecule has 0 heterocycles. The first-order chi connectivity index (χ1) is 18.3. The van der Waals surface area contributed by atoms with Crippen LogP contribution in [0.25, 0.3) is 5.57 Å². The van der Waals surface area contributed by atoms with Gasteiger partial charge in [0.15, 0.2) is 0 Å². The molecular weight excluding hydrogens is 448 g/mol. The van der Waals surface area contributed by atoms with E-state index in [1.807, 2.05) is 0 Å². The molecule has 0 fully saturated rings. The Morgan fingerprint density at radius 1 is 0.568 bits per heavy atom. The Labute approximate surface area is 220 Å². The summed E-state index contributed by atoms with van der Waals surface area (Å²) >= 11 is 0. The van der Waals surface area contributed by atoms with Gasteiger partial charge in [0.1, 0.15) is 6.54 Å². The van der Waals surface area contributed by atoms with Crippen LogP contribution in [-0.2, 0) is 0 Å². The summed E-state index contributed by atoms with van der Waals surface area (Å²) in [6, 6.07) is 40.8. The quantitative estimate of drug-likeness (QED) is 0.240. The van der Waals surface area contributed by atoms with Gasteiger partial charge < -0.3 is 4.90 Å². The number of para-hydroxylation sites is 2. The summed E-state index contributed by atoms with van der Waals surface area (Å²) in [6.07, 6.45) is 8.97. The molecule has 0 radical (unpaired) electrons. The van der Waals surface area contributed by atoms with Gasteiger partial charge in [0.25, 0.3) is 0 Å². The van der Waals surface area contributed by atoms with Crippen LogP contribution in [0.15, 0.2) is 145 Å². The first-order valence-corrected chi connectivity index (χ1v) is 13.1. The van der Waals surface area contributed by atoms with Gasteiger partial charge in [-0.2, -0.15) is 4.58 Å². The Kier molecular flexibility index (Phi) is 7.57. The second kappa shape index (κ2) is 11.5. The zero-order valence-corrected chi connectivity index (χ0v) is 21.6. The smallest absolute Gasteiger partial charge is 0.205 e. The molecular formula is C35H33N2+. The minimum atomic E-state index is 0.912. The Morgan fingerprint density at radius 3 is 1.65 bits per heavy atom. The third-order valence-corrected chi connectivity index (χ3v) is 6.77. The number of nitrogens with zero attached hydrogens (tertiary/aromatic N) is 2. The second-order valence-electron chi connectivity index (χ2n) is 8.99. The summed E-state index contributed by atoms with van der Waals surface area (Å²) in [6.45, 7) is 6.21. The molecule has 0 aromatic heterocycles. The lowest BCUT2D eigenvalue weighted by Gasteiger charge is -2.24. The van der Waals surface area contributed by atoms with E-state index in [0.717, 1.165) is 13.1 Å². The molecule has 2 nitrogen and oxygen atoms in total. The van der Waals surface area contributed by atoms with Crippen LogP contribution >= 0.6 is 0 Å². The molecule has 0 unspecified atom stereocenters. The minimum absolute atomic E-state index is 0.912. The summed E-state index contributed by atoms with van der Waals surface area (Å²) in [4.78, 5) is 2.34. The molecule has 4 aromatic rings. The van der Waals surface area contributed by atoms with Crippen LogP contribution in [-0.4, -0.2) is 23.4 Å². The maximum atomic E-state index is 2.34. The fourth-order valence-corrected chi connectivity index (χ4v) is 4.97. The Hall–Kier alpha value is -4.43. The minimum Gasteiger partial charge on any atom is -0.342 e. The molecule has 5 rings (SSSR count). The standard InChI is InChI=1S/C35H33N2/c1-3-36(31-16-10-6-11-17-31)33-24-20-29(21-25-33)35(28-14-8-5-9-15-28)30-22-26-34(27-23-30)37(4-2)32-18-12-7-13-19-32/h5-27H,3-4H2,1-2H3/q+1. The number of rotatable bonds is 7. The predicted octanol–water partition coefficient (Wildman–Crippen LogP) is 8.58. The molecule has 0 N–H and O–H groups in total. The Morgan fingerprint density at radius 2 is 1.08 bits per heavy atom. The third kappa shape index (κ3) is 5.39. The van der Waals surface area contributed by atoms with Crippen LogP contribution in [0.3, 0.4) is 0 Å². The van der Waals surface area contributed by atoms with Crippen molar-refractivity contribution in [2.24, 2.45) is 0 Å². The van der Waals surface area contributed by atoms with Crippen molar-refractivity contribution < 1.29 is 4.58 Å². The van der Waals surface area contributed by atoms with Crippen molar-refractivity contribution >= 4 is 28.3 Å². The van der Waals surface area contributed by atoms with Gasteiger partial charge >= 0.3 is 0 Å². The van der Waals surface area contributed by atoms with E-state index in [-0.39, 0.29) is 0 Å². The maximum Gasteiger partial charge on any atom is 0.205 e. The van der Waals surface area contributed by atoms with Gasteiger partial charge in [-0.1, -0.05) is 78.9 Å². The molecule has 0 aliphatic heterocycles. The average molecular weight is 482 g/mol. The summed E-state index contributed by atoms with van der Waals surface area (Å²) in [5.74, 6) is 0. The number of hydrogen-bond acceptors (Lipinski definition) is 1. The van der Waals surface area contributed by atoms with Gasteiger partial charge in [-0.15, -0.1) is 0 Å². The predicted molar refractivity (Wildman–Crippen MR) is 158 cm³/mol. The van der Waals surface area contributed by atoms with Gasteiger partial charge in [-0.05, 0) is 72.5 Å². The molecule has 2 heteroatoms.